The van der Waals surface area contributed by atoms with Crippen LogP contribution in [0.1, 0.15) is 40.5 Å². The Balaban J connectivity index is 4.01. The van der Waals surface area contributed by atoms with E-state index in [9.17, 15) is 9.90 Å². The van der Waals surface area contributed by atoms with E-state index in [1.54, 1.807) is 25.8 Å². The molecular weight excluding hydrogens is 232 g/mol. The second-order valence-corrected chi connectivity index (χ2v) is 5.94. The highest BCUT2D eigenvalue weighted by atomic mass is 16.3. The molecule has 0 heterocycles. The van der Waals surface area contributed by atoms with E-state index in [4.69, 9.17) is 5.11 Å². The van der Waals surface area contributed by atoms with Crippen LogP contribution < -0.4 is 5.32 Å². The van der Waals surface area contributed by atoms with Crippen molar-refractivity contribution < 1.29 is 15.0 Å². The molecule has 0 aliphatic heterocycles. The van der Waals surface area contributed by atoms with Gasteiger partial charge in [-0.25, -0.2) is 4.79 Å². The van der Waals surface area contributed by atoms with Crippen molar-refractivity contribution in [2.24, 2.45) is 5.41 Å². The normalized spacial score (nSPS) is 15.1. The summed E-state index contributed by atoms with van der Waals surface area (Å²) in [5.41, 5.74) is -0.130. The molecule has 2 amide bonds. The van der Waals surface area contributed by atoms with Crippen LogP contribution in [0, 0.1) is 5.41 Å². The topological polar surface area (TPSA) is 72.8 Å². The van der Waals surface area contributed by atoms with Crippen molar-refractivity contribution in [3.8, 4) is 0 Å². The van der Waals surface area contributed by atoms with Crippen LogP contribution in [-0.2, 0) is 0 Å². The van der Waals surface area contributed by atoms with Crippen LogP contribution in [0.2, 0.25) is 0 Å². The van der Waals surface area contributed by atoms with Crippen molar-refractivity contribution in [1.29, 1.82) is 0 Å². The summed E-state index contributed by atoms with van der Waals surface area (Å²) in [7, 11) is 1.71. The van der Waals surface area contributed by atoms with Gasteiger partial charge >= 0.3 is 6.03 Å². The van der Waals surface area contributed by atoms with Gasteiger partial charge in [-0.3, -0.25) is 0 Å². The monoisotopic (exact) mass is 260 g/mol. The average molecular weight is 260 g/mol. The first-order valence-electron chi connectivity index (χ1n) is 6.49. The largest absolute Gasteiger partial charge is 0.393 e. The van der Waals surface area contributed by atoms with E-state index < -0.39 is 6.10 Å². The first-order valence-corrected chi connectivity index (χ1v) is 6.49. The summed E-state index contributed by atoms with van der Waals surface area (Å²) in [5.74, 6) is 0. The van der Waals surface area contributed by atoms with Crippen molar-refractivity contribution in [3.63, 3.8) is 0 Å². The number of nitrogens with zero attached hydrogens (tertiary/aromatic N) is 1. The molecule has 0 radical (unpaired) electrons. The second kappa shape index (κ2) is 7.59. The molecule has 0 aliphatic carbocycles. The molecule has 0 spiro atoms. The van der Waals surface area contributed by atoms with Crippen LogP contribution in [0.15, 0.2) is 0 Å². The molecule has 0 aromatic carbocycles. The molecule has 0 saturated heterocycles. The minimum Gasteiger partial charge on any atom is -0.393 e. The van der Waals surface area contributed by atoms with Crippen molar-refractivity contribution in [2.75, 3.05) is 20.1 Å². The third-order valence-electron chi connectivity index (χ3n) is 2.80. The van der Waals surface area contributed by atoms with Gasteiger partial charge in [-0.05, 0) is 32.1 Å². The summed E-state index contributed by atoms with van der Waals surface area (Å²) in [5, 5.41) is 21.4. The van der Waals surface area contributed by atoms with Crippen LogP contribution in [0.4, 0.5) is 4.79 Å². The fourth-order valence-electron chi connectivity index (χ4n) is 1.80. The second-order valence-electron chi connectivity index (χ2n) is 5.94. The Hall–Kier alpha value is -0.810. The zero-order valence-electron chi connectivity index (χ0n) is 12.2. The molecule has 0 aliphatic rings. The van der Waals surface area contributed by atoms with Gasteiger partial charge < -0.3 is 20.4 Å². The van der Waals surface area contributed by atoms with Crippen molar-refractivity contribution in [3.05, 3.63) is 0 Å². The molecule has 0 aromatic heterocycles. The molecular formula is C13H28N2O3. The number of urea groups is 1. The molecule has 0 rings (SSSR count). The van der Waals surface area contributed by atoms with Gasteiger partial charge in [0.15, 0.2) is 0 Å². The number of hydrogen-bond acceptors (Lipinski definition) is 3. The van der Waals surface area contributed by atoms with E-state index in [-0.39, 0.29) is 17.6 Å². The number of carbonyl (C=O) groups is 1. The van der Waals surface area contributed by atoms with Gasteiger partial charge in [0.25, 0.3) is 0 Å². The van der Waals surface area contributed by atoms with Crippen LogP contribution in [0.5, 0.6) is 0 Å². The number of aliphatic hydroxyl groups excluding tert-OH is 2. The van der Waals surface area contributed by atoms with Gasteiger partial charge in [-0.2, -0.15) is 0 Å². The highest BCUT2D eigenvalue weighted by Crippen LogP contribution is 2.21. The van der Waals surface area contributed by atoms with E-state index >= 15 is 0 Å². The SMILES string of the molecule is CC(O)CCN(C)C(=O)NCC(C)(C)CC(C)O. The lowest BCUT2D eigenvalue weighted by molar-refractivity contribution is 0.126. The maximum Gasteiger partial charge on any atom is 0.317 e. The third-order valence-corrected chi connectivity index (χ3v) is 2.80. The van der Waals surface area contributed by atoms with Crippen LogP contribution in [0.25, 0.3) is 0 Å². The minimum absolute atomic E-state index is 0.130. The Morgan fingerprint density at radius 1 is 1.28 bits per heavy atom. The van der Waals surface area contributed by atoms with E-state index in [1.165, 1.54) is 0 Å². The summed E-state index contributed by atoms with van der Waals surface area (Å²) in [6.07, 6.45) is 0.447. The predicted octanol–water partition coefficient (Wildman–Crippen LogP) is 1.20. The van der Waals surface area contributed by atoms with Crippen LogP contribution >= 0.6 is 0 Å². The molecule has 5 heteroatoms. The Kier molecular flexibility index (Phi) is 7.25. The first kappa shape index (κ1) is 17.2. The lowest BCUT2D eigenvalue weighted by Crippen LogP contribution is -2.43. The lowest BCUT2D eigenvalue weighted by Gasteiger charge is -2.28. The van der Waals surface area contributed by atoms with E-state index in [0.29, 0.717) is 25.9 Å². The van der Waals surface area contributed by atoms with Gasteiger partial charge in [0.2, 0.25) is 0 Å². The number of rotatable bonds is 7. The number of aliphatic hydroxyl groups is 2. The Morgan fingerprint density at radius 3 is 2.28 bits per heavy atom. The smallest absolute Gasteiger partial charge is 0.317 e. The minimum atomic E-state index is -0.396. The zero-order valence-corrected chi connectivity index (χ0v) is 12.2. The Morgan fingerprint density at radius 2 is 1.83 bits per heavy atom. The summed E-state index contributed by atoms with van der Waals surface area (Å²) in [6, 6.07) is -0.144. The van der Waals surface area contributed by atoms with Gasteiger partial charge in [0.05, 0.1) is 12.2 Å². The van der Waals surface area contributed by atoms with Gasteiger partial charge in [0.1, 0.15) is 0 Å². The summed E-state index contributed by atoms with van der Waals surface area (Å²) < 4.78 is 0. The molecule has 0 bridgehead atoms. The highest BCUT2D eigenvalue weighted by Gasteiger charge is 2.21. The Labute approximate surface area is 110 Å². The van der Waals surface area contributed by atoms with E-state index in [0.717, 1.165) is 0 Å². The molecule has 0 fully saturated rings. The van der Waals surface area contributed by atoms with Gasteiger partial charge in [-0.15, -0.1) is 0 Å². The maximum atomic E-state index is 11.8. The maximum absolute atomic E-state index is 11.8. The average Bonchev–Trinajstić information content (AvgIpc) is 2.20. The lowest BCUT2D eigenvalue weighted by atomic mass is 9.87. The fraction of sp³-hybridized carbons (Fsp3) is 0.923. The molecule has 108 valence electrons. The quantitative estimate of drug-likeness (QED) is 0.644. The van der Waals surface area contributed by atoms with Gasteiger partial charge in [0, 0.05) is 20.1 Å². The standard InChI is InChI=1S/C13H28N2O3/c1-10(16)6-7-15(5)12(18)14-9-13(3,4)8-11(2)17/h10-11,16-17H,6-9H2,1-5H3,(H,14,18). The van der Waals surface area contributed by atoms with Crippen molar-refractivity contribution >= 4 is 6.03 Å². The number of nitrogens with one attached hydrogen (secondary N) is 1. The molecule has 2 unspecified atom stereocenters. The molecule has 3 N–H and O–H groups in total. The van der Waals surface area contributed by atoms with Crippen molar-refractivity contribution in [2.45, 2.75) is 52.7 Å². The fourth-order valence-corrected chi connectivity index (χ4v) is 1.80. The van der Waals surface area contributed by atoms with Crippen molar-refractivity contribution in [1.82, 2.24) is 10.2 Å². The molecule has 0 saturated carbocycles. The van der Waals surface area contributed by atoms with Crippen LogP contribution in [-0.4, -0.2) is 53.5 Å². The zero-order chi connectivity index (χ0) is 14.3. The molecule has 5 nitrogen and oxygen atoms in total. The molecule has 2 atom stereocenters. The number of amides is 2. The van der Waals surface area contributed by atoms with E-state index in [1.807, 2.05) is 13.8 Å². The molecule has 0 aromatic rings. The number of hydrogen-bond donors (Lipinski definition) is 3. The predicted molar refractivity (Wildman–Crippen MR) is 72.4 cm³/mol. The summed E-state index contributed by atoms with van der Waals surface area (Å²) in [6.45, 7) is 8.53. The van der Waals surface area contributed by atoms with Gasteiger partial charge in [-0.1, -0.05) is 13.8 Å². The summed E-state index contributed by atoms with van der Waals surface area (Å²) in [4.78, 5) is 13.3. The first-order chi connectivity index (χ1) is 8.14. The van der Waals surface area contributed by atoms with E-state index in [2.05, 4.69) is 5.32 Å². The Bertz CT molecular complexity index is 253. The van der Waals surface area contributed by atoms with Crippen LogP contribution in [0.3, 0.4) is 0 Å². The number of carbonyl (C=O) groups excluding carboxylic acids is 1. The third kappa shape index (κ3) is 8.31. The molecule has 18 heavy (non-hydrogen) atoms. The summed E-state index contributed by atoms with van der Waals surface area (Å²) >= 11 is 0. The highest BCUT2D eigenvalue weighted by molar-refractivity contribution is 5.73.